The van der Waals surface area contributed by atoms with Crippen LogP contribution in [0, 0.1) is 0 Å². The van der Waals surface area contributed by atoms with Gasteiger partial charge in [0, 0.05) is 11.1 Å². The summed E-state index contributed by atoms with van der Waals surface area (Å²) in [6.45, 7) is 3.98. The van der Waals surface area contributed by atoms with E-state index in [4.69, 9.17) is 22.2 Å². The summed E-state index contributed by atoms with van der Waals surface area (Å²) < 4.78 is 6.89. The van der Waals surface area contributed by atoms with E-state index in [-0.39, 0.29) is 24.3 Å². The number of thioether (sulfide) groups is 1. The summed E-state index contributed by atoms with van der Waals surface area (Å²) >= 11 is 7.03. The molecule has 0 fully saturated rings. The van der Waals surface area contributed by atoms with Gasteiger partial charge in [-0.1, -0.05) is 23.4 Å². The van der Waals surface area contributed by atoms with Crippen molar-refractivity contribution in [1.82, 2.24) is 20.2 Å². The summed E-state index contributed by atoms with van der Waals surface area (Å²) in [5.41, 5.74) is 0. The monoisotopic (exact) mass is 355 g/mol. The number of nitrogens with one attached hydrogen (secondary N) is 1. The maximum Gasteiger partial charge on any atom is 0.230 e. The minimum atomic E-state index is -0.0769. The fourth-order valence-corrected chi connectivity index (χ4v) is 2.49. The summed E-state index contributed by atoms with van der Waals surface area (Å²) in [5.74, 6) is 7.19. The molecule has 1 aromatic heterocycles. The van der Waals surface area contributed by atoms with Crippen molar-refractivity contribution in [2.75, 3.05) is 11.6 Å². The molecule has 1 amide bonds. The Labute approximate surface area is 143 Å². The van der Waals surface area contributed by atoms with E-state index < -0.39 is 0 Å². The van der Waals surface area contributed by atoms with Gasteiger partial charge in [0.15, 0.2) is 5.82 Å². The molecule has 0 atom stereocenters. The smallest absolute Gasteiger partial charge is 0.230 e. The molecule has 2 aromatic rings. The fourth-order valence-electron chi connectivity index (χ4n) is 1.68. The average Bonchev–Trinajstić information content (AvgIpc) is 2.84. The summed E-state index contributed by atoms with van der Waals surface area (Å²) in [6, 6.07) is 7.08. The second-order valence-electron chi connectivity index (χ2n) is 5.02. The van der Waals surface area contributed by atoms with E-state index in [0.717, 1.165) is 0 Å². The standard InChI is InChI=1S/C14H18ClN5O2S/c1-9(2)17-13(21)8-23-14-19-18-12(20(14)16)7-22-11-5-3-10(15)4-6-11/h3-6,9H,7-8,16H2,1-2H3,(H,17,21). The summed E-state index contributed by atoms with van der Waals surface area (Å²) in [6.07, 6.45) is 0. The van der Waals surface area contributed by atoms with Crippen LogP contribution in [-0.4, -0.2) is 32.6 Å². The van der Waals surface area contributed by atoms with Crippen LogP contribution < -0.4 is 15.9 Å². The van der Waals surface area contributed by atoms with Crippen LogP contribution in [0.5, 0.6) is 5.75 Å². The molecule has 0 aliphatic carbocycles. The number of nitrogen functional groups attached to an aromatic ring is 1. The highest BCUT2D eigenvalue weighted by Crippen LogP contribution is 2.18. The highest BCUT2D eigenvalue weighted by molar-refractivity contribution is 7.99. The Morgan fingerprint density at radius 2 is 2.09 bits per heavy atom. The Balaban J connectivity index is 1.88. The molecule has 0 unspecified atom stereocenters. The molecule has 0 radical (unpaired) electrons. The predicted octanol–water partition coefficient (Wildman–Crippen LogP) is 1.84. The topological polar surface area (TPSA) is 95.1 Å². The number of halogens is 1. The van der Waals surface area contributed by atoms with Crippen molar-refractivity contribution in [1.29, 1.82) is 0 Å². The molecule has 2 rings (SSSR count). The highest BCUT2D eigenvalue weighted by Gasteiger charge is 2.13. The quantitative estimate of drug-likeness (QED) is 0.581. The number of carbonyl (C=O) groups is 1. The van der Waals surface area contributed by atoms with Crippen LogP contribution in [0.1, 0.15) is 19.7 Å². The van der Waals surface area contributed by atoms with Crippen LogP contribution in [0.2, 0.25) is 5.02 Å². The van der Waals surface area contributed by atoms with Crippen molar-refractivity contribution in [3.8, 4) is 5.75 Å². The SMILES string of the molecule is CC(C)NC(=O)CSc1nnc(COc2ccc(Cl)cc2)n1N. The number of nitrogens with two attached hydrogens (primary N) is 1. The zero-order chi connectivity index (χ0) is 16.8. The van der Waals surface area contributed by atoms with Crippen molar-refractivity contribution < 1.29 is 9.53 Å². The van der Waals surface area contributed by atoms with Crippen LogP contribution in [0.15, 0.2) is 29.4 Å². The normalized spacial score (nSPS) is 10.8. The molecule has 1 heterocycles. The Kier molecular flexibility index (Phi) is 6.12. The zero-order valence-electron chi connectivity index (χ0n) is 12.8. The molecule has 23 heavy (non-hydrogen) atoms. The lowest BCUT2D eigenvalue weighted by molar-refractivity contribution is -0.119. The van der Waals surface area contributed by atoms with E-state index in [0.29, 0.717) is 21.8 Å². The Bertz CT molecular complexity index is 660. The van der Waals surface area contributed by atoms with Crippen LogP contribution >= 0.6 is 23.4 Å². The van der Waals surface area contributed by atoms with Gasteiger partial charge >= 0.3 is 0 Å². The Hall–Kier alpha value is -1.93. The van der Waals surface area contributed by atoms with E-state index in [9.17, 15) is 4.79 Å². The summed E-state index contributed by atoms with van der Waals surface area (Å²) in [4.78, 5) is 11.6. The van der Waals surface area contributed by atoms with E-state index in [1.165, 1.54) is 16.4 Å². The van der Waals surface area contributed by atoms with Crippen molar-refractivity contribution in [2.45, 2.75) is 31.7 Å². The number of hydrogen-bond acceptors (Lipinski definition) is 6. The van der Waals surface area contributed by atoms with Crippen LogP contribution in [0.4, 0.5) is 0 Å². The minimum absolute atomic E-state index is 0.0769. The lowest BCUT2D eigenvalue weighted by Gasteiger charge is -2.08. The van der Waals surface area contributed by atoms with E-state index >= 15 is 0 Å². The van der Waals surface area contributed by atoms with Gasteiger partial charge in [-0.3, -0.25) is 4.79 Å². The second kappa shape index (κ2) is 8.07. The largest absolute Gasteiger partial charge is 0.486 e. The zero-order valence-corrected chi connectivity index (χ0v) is 14.4. The molecule has 0 aliphatic heterocycles. The first-order valence-electron chi connectivity index (χ1n) is 6.95. The molecule has 0 bridgehead atoms. The number of rotatable bonds is 7. The number of nitrogens with zero attached hydrogens (tertiary/aromatic N) is 3. The van der Waals surface area contributed by atoms with Gasteiger partial charge in [0.1, 0.15) is 12.4 Å². The van der Waals surface area contributed by atoms with Gasteiger partial charge < -0.3 is 15.9 Å². The Morgan fingerprint density at radius 1 is 1.39 bits per heavy atom. The van der Waals surface area contributed by atoms with Gasteiger partial charge in [0.2, 0.25) is 11.1 Å². The maximum absolute atomic E-state index is 11.6. The average molecular weight is 356 g/mol. The van der Waals surface area contributed by atoms with Gasteiger partial charge in [0.05, 0.1) is 5.75 Å². The maximum atomic E-state index is 11.6. The molecule has 0 spiro atoms. The third-order valence-electron chi connectivity index (χ3n) is 2.70. The van der Waals surface area contributed by atoms with Crippen molar-refractivity contribution in [2.24, 2.45) is 0 Å². The second-order valence-corrected chi connectivity index (χ2v) is 6.40. The number of carbonyl (C=O) groups excluding carboxylic acids is 1. The van der Waals surface area contributed by atoms with E-state index in [1.54, 1.807) is 24.3 Å². The third kappa shape index (κ3) is 5.33. The molecule has 3 N–H and O–H groups in total. The molecule has 1 aromatic carbocycles. The summed E-state index contributed by atoms with van der Waals surface area (Å²) in [5, 5.41) is 11.8. The van der Waals surface area contributed by atoms with Crippen LogP contribution in [0.25, 0.3) is 0 Å². The lowest BCUT2D eigenvalue weighted by atomic mass is 10.3. The number of amides is 1. The molecule has 0 aliphatic rings. The number of ether oxygens (including phenoxy) is 1. The first-order valence-corrected chi connectivity index (χ1v) is 8.32. The van der Waals surface area contributed by atoms with Gasteiger partial charge in [-0.25, -0.2) is 4.68 Å². The van der Waals surface area contributed by atoms with Crippen LogP contribution in [0.3, 0.4) is 0 Å². The molecular weight excluding hydrogens is 338 g/mol. The highest BCUT2D eigenvalue weighted by atomic mass is 35.5. The first-order chi connectivity index (χ1) is 11.0. The van der Waals surface area contributed by atoms with Gasteiger partial charge in [0.25, 0.3) is 0 Å². The molecule has 124 valence electrons. The fraction of sp³-hybridized carbons (Fsp3) is 0.357. The van der Waals surface area contributed by atoms with E-state index in [2.05, 4.69) is 15.5 Å². The Morgan fingerprint density at radius 3 is 2.74 bits per heavy atom. The molecule has 0 saturated carbocycles. The number of benzene rings is 1. The summed E-state index contributed by atoms with van der Waals surface area (Å²) in [7, 11) is 0. The number of aromatic nitrogens is 3. The number of hydrogen-bond donors (Lipinski definition) is 2. The van der Waals surface area contributed by atoms with Gasteiger partial charge in [-0.2, -0.15) is 0 Å². The third-order valence-corrected chi connectivity index (χ3v) is 3.89. The minimum Gasteiger partial charge on any atom is -0.486 e. The lowest BCUT2D eigenvalue weighted by Crippen LogP contribution is -2.31. The van der Waals surface area contributed by atoms with Crippen LogP contribution in [-0.2, 0) is 11.4 Å². The van der Waals surface area contributed by atoms with E-state index in [1.807, 2.05) is 13.8 Å². The van der Waals surface area contributed by atoms with Crippen molar-refractivity contribution in [3.05, 3.63) is 35.1 Å². The predicted molar refractivity (Wildman–Crippen MR) is 90.0 cm³/mol. The molecule has 7 nitrogen and oxygen atoms in total. The first kappa shape index (κ1) is 17.4. The van der Waals surface area contributed by atoms with Crippen molar-refractivity contribution >= 4 is 29.3 Å². The molecule has 9 heteroatoms. The van der Waals surface area contributed by atoms with Crippen molar-refractivity contribution in [3.63, 3.8) is 0 Å². The van der Waals surface area contributed by atoms with Gasteiger partial charge in [-0.05, 0) is 38.1 Å². The molecular formula is C14H18ClN5O2S. The molecule has 0 saturated heterocycles. The van der Waals surface area contributed by atoms with Gasteiger partial charge in [-0.15, -0.1) is 10.2 Å².